The lowest BCUT2D eigenvalue weighted by Crippen LogP contribution is -2.23. The highest BCUT2D eigenvalue weighted by Crippen LogP contribution is 2.17. The van der Waals surface area contributed by atoms with Crippen LogP contribution >= 0.6 is 0 Å². The maximum Gasteiger partial charge on any atom is 0.322 e. The number of nitrogens with zero attached hydrogens (tertiary/aromatic N) is 1. The predicted octanol–water partition coefficient (Wildman–Crippen LogP) is 2.33. The minimum atomic E-state index is -0.577. The molecule has 0 saturated carbocycles. The van der Waals surface area contributed by atoms with Gasteiger partial charge in [-0.25, -0.2) is 0 Å². The number of benzene rings is 2. The number of hydrogen-bond donors (Lipinski definition) is 1. The van der Waals surface area contributed by atoms with Crippen LogP contribution in [0.3, 0.4) is 0 Å². The van der Waals surface area contributed by atoms with Crippen molar-refractivity contribution in [2.75, 3.05) is 6.54 Å². The highest BCUT2D eigenvalue weighted by molar-refractivity contribution is 5.91. The van der Waals surface area contributed by atoms with Crippen molar-refractivity contribution in [2.45, 2.75) is 13.3 Å². The molecule has 0 bridgehead atoms. The Balaban J connectivity index is 2.09. The van der Waals surface area contributed by atoms with Crippen LogP contribution in [-0.2, 0) is 11.2 Å². The number of hydrogen-bond acceptors (Lipinski definition) is 2. The SMILES string of the molecule is Cc1ccc2cc(CCNC(=O)C#N)ccc2c1. The molecule has 0 atom stereocenters. The second-order valence-corrected chi connectivity index (χ2v) is 4.30. The summed E-state index contributed by atoms with van der Waals surface area (Å²) in [6.45, 7) is 2.56. The number of carbonyl (C=O) groups is 1. The van der Waals surface area contributed by atoms with Gasteiger partial charge in [0.05, 0.1) is 0 Å². The lowest BCUT2D eigenvalue weighted by Gasteiger charge is -2.05. The lowest BCUT2D eigenvalue weighted by molar-refractivity contribution is -0.115. The summed E-state index contributed by atoms with van der Waals surface area (Å²) in [5, 5.41) is 13.3. The van der Waals surface area contributed by atoms with Crippen LogP contribution in [0.15, 0.2) is 36.4 Å². The van der Waals surface area contributed by atoms with E-state index in [-0.39, 0.29) is 0 Å². The standard InChI is InChI=1S/C15H14N2O/c1-11-2-4-14-9-12(3-5-13(14)8-11)6-7-17-15(18)10-16/h2-5,8-9H,6-7H2,1H3,(H,17,18). The topological polar surface area (TPSA) is 52.9 Å². The number of nitrogens with one attached hydrogen (secondary N) is 1. The van der Waals surface area contributed by atoms with Crippen molar-refractivity contribution < 1.29 is 4.79 Å². The van der Waals surface area contributed by atoms with E-state index < -0.39 is 5.91 Å². The van der Waals surface area contributed by atoms with Crippen molar-refractivity contribution in [3.05, 3.63) is 47.5 Å². The van der Waals surface area contributed by atoms with E-state index in [0.717, 1.165) is 12.0 Å². The van der Waals surface area contributed by atoms with Crippen molar-refractivity contribution in [3.63, 3.8) is 0 Å². The van der Waals surface area contributed by atoms with Crippen LogP contribution in [0, 0.1) is 18.3 Å². The van der Waals surface area contributed by atoms with E-state index in [9.17, 15) is 4.79 Å². The van der Waals surface area contributed by atoms with Gasteiger partial charge in [-0.3, -0.25) is 4.79 Å². The molecule has 0 aliphatic carbocycles. The molecule has 2 aromatic carbocycles. The average Bonchev–Trinajstić information content (AvgIpc) is 2.38. The lowest BCUT2D eigenvalue weighted by atomic mass is 10.0. The summed E-state index contributed by atoms with van der Waals surface area (Å²) in [4.78, 5) is 10.8. The first kappa shape index (κ1) is 12.1. The van der Waals surface area contributed by atoms with Gasteiger partial charge in [0, 0.05) is 6.54 Å². The second kappa shape index (κ2) is 5.33. The molecule has 1 N–H and O–H groups in total. The van der Waals surface area contributed by atoms with E-state index in [2.05, 4.69) is 48.6 Å². The van der Waals surface area contributed by atoms with E-state index in [1.807, 2.05) is 0 Å². The van der Waals surface area contributed by atoms with Gasteiger partial charge in [-0.15, -0.1) is 0 Å². The number of nitriles is 1. The molecular formula is C15H14N2O. The Kier molecular flexibility index (Phi) is 3.59. The van der Waals surface area contributed by atoms with Gasteiger partial charge in [0.15, 0.2) is 6.07 Å². The molecular weight excluding hydrogens is 224 g/mol. The van der Waals surface area contributed by atoms with E-state index >= 15 is 0 Å². The number of rotatable bonds is 3. The zero-order chi connectivity index (χ0) is 13.0. The minimum absolute atomic E-state index is 0.490. The third-order valence-electron chi connectivity index (χ3n) is 2.86. The Labute approximate surface area is 106 Å². The summed E-state index contributed by atoms with van der Waals surface area (Å²) in [6.07, 6.45) is 0.733. The first-order valence-corrected chi connectivity index (χ1v) is 5.86. The van der Waals surface area contributed by atoms with Crippen LogP contribution < -0.4 is 5.32 Å². The van der Waals surface area contributed by atoms with Crippen molar-refractivity contribution in [3.8, 4) is 6.07 Å². The van der Waals surface area contributed by atoms with Crippen molar-refractivity contribution >= 4 is 16.7 Å². The zero-order valence-electron chi connectivity index (χ0n) is 10.2. The summed E-state index contributed by atoms with van der Waals surface area (Å²) in [7, 11) is 0. The molecule has 0 saturated heterocycles. The molecule has 0 unspecified atom stereocenters. The third kappa shape index (κ3) is 2.86. The summed E-state index contributed by atoms with van der Waals surface area (Å²) < 4.78 is 0. The number of carbonyl (C=O) groups excluding carboxylic acids is 1. The van der Waals surface area contributed by atoms with Gasteiger partial charge in [0.25, 0.3) is 0 Å². The fraction of sp³-hybridized carbons (Fsp3) is 0.200. The molecule has 3 heteroatoms. The highest BCUT2D eigenvalue weighted by atomic mass is 16.1. The van der Waals surface area contributed by atoms with E-state index in [1.165, 1.54) is 22.4 Å². The smallest absolute Gasteiger partial charge is 0.322 e. The molecule has 0 aliphatic heterocycles. The molecule has 3 nitrogen and oxygen atoms in total. The molecule has 0 fully saturated rings. The Morgan fingerprint density at radius 3 is 2.72 bits per heavy atom. The molecule has 0 aromatic heterocycles. The summed E-state index contributed by atoms with van der Waals surface area (Å²) >= 11 is 0. The van der Waals surface area contributed by atoms with Gasteiger partial charge >= 0.3 is 5.91 Å². The summed E-state index contributed by atoms with van der Waals surface area (Å²) in [5.41, 5.74) is 2.40. The molecule has 2 rings (SSSR count). The van der Waals surface area contributed by atoms with E-state index in [4.69, 9.17) is 5.26 Å². The molecule has 0 spiro atoms. The molecule has 1 amide bonds. The zero-order valence-corrected chi connectivity index (χ0v) is 10.2. The molecule has 0 aliphatic rings. The normalized spacial score (nSPS) is 10.0. The Hall–Kier alpha value is -2.34. The molecule has 0 radical (unpaired) electrons. The molecule has 2 aromatic rings. The highest BCUT2D eigenvalue weighted by Gasteiger charge is 1.99. The number of fused-ring (bicyclic) bond motifs is 1. The van der Waals surface area contributed by atoms with Gasteiger partial charge in [0.1, 0.15) is 0 Å². The quantitative estimate of drug-likeness (QED) is 0.834. The minimum Gasteiger partial charge on any atom is -0.343 e. The number of amides is 1. The molecule has 0 heterocycles. The maximum atomic E-state index is 10.8. The first-order valence-electron chi connectivity index (χ1n) is 5.86. The van der Waals surface area contributed by atoms with Gasteiger partial charge in [-0.05, 0) is 29.7 Å². The van der Waals surface area contributed by atoms with Crippen molar-refractivity contribution in [1.29, 1.82) is 5.26 Å². The Morgan fingerprint density at radius 2 is 1.94 bits per heavy atom. The molecule has 90 valence electrons. The fourth-order valence-electron chi connectivity index (χ4n) is 1.93. The second-order valence-electron chi connectivity index (χ2n) is 4.30. The van der Waals surface area contributed by atoms with Gasteiger partial charge in [0.2, 0.25) is 0 Å². The van der Waals surface area contributed by atoms with Crippen LogP contribution in [0.25, 0.3) is 10.8 Å². The summed E-state index contributed by atoms with van der Waals surface area (Å²) in [5.74, 6) is -0.577. The fourth-order valence-corrected chi connectivity index (χ4v) is 1.93. The van der Waals surface area contributed by atoms with Crippen LogP contribution in [0.5, 0.6) is 0 Å². The van der Waals surface area contributed by atoms with Gasteiger partial charge < -0.3 is 5.32 Å². The van der Waals surface area contributed by atoms with E-state index in [1.54, 1.807) is 0 Å². The summed E-state index contributed by atoms with van der Waals surface area (Å²) in [6, 6.07) is 14.1. The average molecular weight is 238 g/mol. The van der Waals surface area contributed by atoms with Crippen molar-refractivity contribution in [1.82, 2.24) is 5.32 Å². The third-order valence-corrected chi connectivity index (χ3v) is 2.86. The van der Waals surface area contributed by atoms with Crippen LogP contribution in [0.4, 0.5) is 0 Å². The maximum absolute atomic E-state index is 10.8. The monoisotopic (exact) mass is 238 g/mol. The van der Waals surface area contributed by atoms with Gasteiger partial charge in [-0.2, -0.15) is 5.26 Å². The Morgan fingerprint density at radius 1 is 1.22 bits per heavy atom. The van der Waals surface area contributed by atoms with Crippen LogP contribution in [0.1, 0.15) is 11.1 Å². The largest absolute Gasteiger partial charge is 0.343 e. The van der Waals surface area contributed by atoms with Crippen molar-refractivity contribution in [2.24, 2.45) is 0 Å². The Bertz CT molecular complexity index is 626. The van der Waals surface area contributed by atoms with Crippen LogP contribution in [-0.4, -0.2) is 12.5 Å². The molecule has 18 heavy (non-hydrogen) atoms. The predicted molar refractivity (Wildman–Crippen MR) is 71.0 cm³/mol. The van der Waals surface area contributed by atoms with Gasteiger partial charge in [-0.1, -0.05) is 42.0 Å². The number of aryl methyl sites for hydroxylation is 1. The van der Waals surface area contributed by atoms with Crippen LogP contribution in [0.2, 0.25) is 0 Å². The van der Waals surface area contributed by atoms with E-state index in [0.29, 0.717) is 6.54 Å². The first-order chi connectivity index (χ1) is 8.69.